The minimum absolute atomic E-state index is 0.106. The highest BCUT2D eigenvalue weighted by Gasteiger charge is 2.17. The number of benzene rings is 1. The van der Waals surface area contributed by atoms with Gasteiger partial charge in [-0.15, -0.1) is 0 Å². The van der Waals surface area contributed by atoms with Crippen molar-refractivity contribution in [2.45, 2.75) is 32.2 Å². The maximum absolute atomic E-state index is 12.1. The van der Waals surface area contributed by atoms with Gasteiger partial charge in [0.25, 0.3) is 5.91 Å². The number of likely N-dealkylation sites (tertiary alicyclic amines) is 1. The largest absolute Gasteiger partial charge is 0.350 e. The molecular formula is C16H21N3O. The lowest BCUT2D eigenvalue weighted by molar-refractivity contribution is 0.0930. The molecule has 1 fully saturated rings. The number of hydrogen-bond donors (Lipinski definition) is 1. The lowest BCUT2D eigenvalue weighted by atomic mass is 10.1. The number of nitrogens with zero attached hydrogens (tertiary/aromatic N) is 2. The van der Waals surface area contributed by atoms with Crippen LogP contribution in [0.5, 0.6) is 0 Å². The molecule has 4 nitrogen and oxygen atoms in total. The summed E-state index contributed by atoms with van der Waals surface area (Å²) in [5.74, 6) is -0.106. The minimum atomic E-state index is -0.106. The molecule has 1 aromatic carbocycles. The van der Waals surface area contributed by atoms with Crippen LogP contribution in [-0.4, -0.2) is 36.5 Å². The second kappa shape index (κ2) is 7.06. The van der Waals surface area contributed by atoms with Crippen LogP contribution in [-0.2, 0) is 0 Å². The fraction of sp³-hybridized carbons (Fsp3) is 0.500. The van der Waals surface area contributed by atoms with Gasteiger partial charge in [0.15, 0.2) is 0 Å². The van der Waals surface area contributed by atoms with Gasteiger partial charge in [-0.2, -0.15) is 5.26 Å². The molecule has 0 spiro atoms. The monoisotopic (exact) mass is 271 g/mol. The number of nitrogens with one attached hydrogen (secondary N) is 1. The van der Waals surface area contributed by atoms with Crippen LogP contribution in [0.25, 0.3) is 0 Å². The van der Waals surface area contributed by atoms with E-state index in [4.69, 9.17) is 5.26 Å². The molecule has 0 saturated carbocycles. The summed E-state index contributed by atoms with van der Waals surface area (Å²) in [4.78, 5) is 14.5. The Hall–Kier alpha value is -1.86. The summed E-state index contributed by atoms with van der Waals surface area (Å²) in [6.07, 6.45) is 3.82. The van der Waals surface area contributed by atoms with E-state index in [0.717, 1.165) is 13.1 Å². The van der Waals surface area contributed by atoms with Gasteiger partial charge < -0.3 is 5.32 Å². The molecular weight excluding hydrogens is 250 g/mol. The number of piperidine rings is 1. The highest BCUT2D eigenvalue weighted by atomic mass is 16.1. The fourth-order valence-electron chi connectivity index (χ4n) is 2.56. The summed E-state index contributed by atoms with van der Waals surface area (Å²) in [6.45, 7) is 5.05. The van der Waals surface area contributed by atoms with E-state index in [1.165, 1.54) is 19.3 Å². The van der Waals surface area contributed by atoms with Crippen LogP contribution in [0.1, 0.15) is 42.1 Å². The Morgan fingerprint density at radius 1 is 1.40 bits per heavy atom. The van der Waals surface area contributed by atoms with E-state index < -0.39 is 0 Å². The minimum Gasteiger partial charge on any atom is -0.350 e. The third-order valence-corrected chi connectivity index (χ3v) is 3.83. The third-order valence-electron chi connectivity index (χ3n) is 3.83. The first-order valence-electron chi connectivity index (χ1n) is 7.23. The van der Waals surface area contributed by atoms with Gasteiger partial charge in [0, 0.05) is 18.2 Å². The molecule has 1 amide bonds. The molecule has 0 radical (unpaired) electrons. The smallest absolute Gasteiger partial charge is 0.251 e. The molecule has 1 heterocycles. The van der Waals surface area contributed by atoms with Crippen molar-refractivity contribution in [3.8, 4) is 6.07 Å². The molecule has 2 rings (SSSR count). The number of carbonyl (C=O) groups excluding carboxylic acids is 1. The van der Waals surface area contributed by atoms with Crippen molar-refractivity contribution in [2.75, 3.05) is 19.6 Å². The Balaban J connectivity index is 1.86. The van der Waals surface area contributed by atoms with E-state index in [0.29, 0.717) is 23.7 Å². The highest BCUT2D eigenvalue weighted by Crippen LogP contribution is 2.11. The number of rotatable bonds is 4. The zero-order chi connectivity index (χ0) is 14.4. The lowest BCUT2D eigenvalue weighted by Gasteiger charge is -2.32. The molecule has 20 heavy (non-hydrogen) atoms. The topological polar surface area (TPSA) is 56.1 Å². The first-order valence-corrected chi connectivity index (χ1v) is 7.23. The summed E-state index contributed by atoms with van der Waals surface area (Å²) in [5, 5.41) is 11.8. The average Bonchev–Trinajstić information content (AvgIpc) is 2.53. The van der Waals surface area contributed by atoms with E-state index in [-0.39, 0.29) is 5.91 Å². The van der Waals surface area contributed by atoms with E-state index in [2.05, 4.69) is 23.2 Å². The first kappa shape index (κ1) is 14.5. The lowest BCUT2D eigenvalue weighted by Crippen LogP contribution is -2.44. The van der Waals surface area contributed by atoms with Crippen molar-refractivity contribution in [3.05, 3.63) is 35.4 Å². The summed E-state index contributed by atoms with van der Waals surface area (Å²) in [5.41, 5.74) is 1.07. The summed E-state index contributed by atoms with van der Waals surface area (Å²) in [6, 6.07) is 9.21. The Bertz CT molecular complexity index is 501. The van der Waals surface area contributed by atoms with Crippen LogP contribution < -0.4 is 5.32 Å². The summed E-state index contributed by atoms with van der Waals surface area (Å²) in [7, 11) is 0. The van der Waals surface area contributed by atoms with Gasteiger partial charge in [0.05, 0.1) is 11.6 Å². The molecule has 1 atom stereocenters. The van der Waals surface area contributed by atoms with E-state index in [1.807, 2.05) is 0 Å². The van der Waals surface area contributed by atoms with Crippen molar-refractivity contribution in [2.24, 2.45) is 0 Å². The Morgan fingerprint density at radius 2 is 2.15 bits per heavy atom. The van der Waals surface area contributed by atoms with Crippen molar-refractivity contribution >= 4 is 5.91 Å². The maximum Gasteiger partial charge on any atom is 0.251 e. The zero-order valence-corrected chi connectivity index (χ0v) is 11.9. The number of nitriles is 1. The Labute approximate surface area is 120 Å². The molecule has 0 bridgehead atoms. The second-order valence-corrected chi connectivity index (χ2v) is 5.35. The third kappa shape index (κ3) is 3.82. The molecule has 0 aliphatic carbocycles. The number of hydrogen-bond acceptors (Lipinski definition) is 3. The van der Waals surface area contributed by atoms with Gasteiger partial charge in [-0.25, -0.2) is 0 Å². The SMILES string of the molecule is CC(CNC(=O)c1cccc(C#N)c1)N1CCCCC1. The predicted octanol–water partition coefficient (Wildman–Crippen LogP) is 2.16. The van der Waals surface area contributed by atoms with Gasteiger partial charge in [0.2, 0.25) is 0 Å². The summed E-state index contributed by atoms with van der Waals surface area (Å²) >= 11 is 0. The molecule has 1 aromatic rings. The van der Waals surface area contributed by atoms with Gasteiger partial charge in [0.1, 0.15) is 0 Å². The predicted molar refractivity (Wildman–Crippen MR) is 78.4 cm³/mol. The molecule has 1 aliphatic rings. The zero-order valence-electron chi connectivity index (χ0n) is 11.9. The molecule has 106 valence electrons. The van der Waals surface area contributed by atoms with Gasteiger partial charge >= 0.3 is 0 Å². The van der Waals surface area contributed by atoms with Crippen LogP contribution in [0.3, 0.4) is 0 Å². The van der Waals surface area contributed by atoms with E-state index >= 15 is 0 Å². The number of amides is 1. The normalized spacial score (nSPS) is 17.2. The molecule has 1 saturated heterocycles. The van der Waals surface area contributed by atoms with Crippen LogP contribution in [0.2, 0.25) is 0 Å². The van der Waals surface area contributed by atoms with Crippen molar-refractivity contribution < 1.29 is 4.79 Å². The molecule has 1 unspecified atom stereocenters. The van der Waals surface area contributed by atoms with E-state index in [9.17, 15) is 4.79 Å². The maximum atomic E-state index is 12.1. The quantitative estimate of drug-likeness (QED) is 0.913. The highest BCUT2D eigenvalue weighted by molar-refractivity contribution is 5.94. The van der Waals surface area contributed by atoms with Crippen molar-refractivity contribution in [1.29, 1.82) is 5.26 Å². The number of carbonyl (C=O) groups is 1. The van der Waals surface area contributed by atoms with Crippen molar-refractivity contribution in [3.63, 3.8) is 0 Å². The Morgan fingerprint density at radius 3 is 2.85 bits per heavy atom. The van der Waals surface area contributed by atoms with E-state index in [1.54, 1.807) is 24.3 Å². The van der Waals surface area contributed by atoms with Crippen LogP contribution >= 0.6 is 0 Å². The van der Waals surface area contributed by atoms with Gasteiger partial charge in [-0.05, 0) is 51.1 Å². The van der Waals surface area contributed by atoms with Crippen LogP contribution in [0.15, 0.2) is 24.3 Å². The summed E-state index contributed by atoms with van der Waals surface area (Å²) < 4.78 is 0. The van der Waals surface area contributed by atoms with Gasteiger partial charge in [-0.3, -0.25) is 9.69 Å². The molecule has 1 N–H and O–H groups in total. The fourth-order valence-corrected chi connectivity index (χ4v) is 2.56. The average molecular weight is 271 g/mol. The molecule has 4 heteroatoms. The van der Waals surface area contributed by atoms with Crippen LogP contribution in [0.4, 0.5) is 0 Å². The second-order valence-electron chi connectivity index (χ2n) is 5.35. The van der Waals surface area contributed by atoms with Crippen molar-refractivity contribution in [1.82, 2.24) is 10.2 Å². The van der Waals surface area contributed by atoms with Gasteiger partial charge in [-0.1, -0.05) is 12.5 Å². The van der Waals surface area contributed by atoms with Crippen LogP contribution in [0, 0.1) is 11.3 Å². The first-order chi connectivity index (χ1) is 9.70. The molecule has 1 aliphatic heterocycles. The standard InChI is InChI=1S/C16H21N3O/c1-13(19-8-3-2-4-9-19)12-18-16(20)15-7-5-6-14(10-15)11-17/h5-7,10,13H,2-4,8-9,12H2,1H3,(H,18,20). The molecule has 0 aromatic heterocycles. The Kier molecular flexibility index (Phi) is 5.14.